The molecule has 21 heavy (non-hydrogen) atoms. The van der Waals surface area contributed by atoms with E-state index in [0.29, 0.717) is 11.4 Å². The van der Waals surface area contributed by atoms with E-state index in [2.05, 4.69) is 10.0 Å². The summed E-state index contributed by atoms with van der Waals surface area (Å²) in [5.41, 5.74) is 0.795. The van der Waals surface area contributed by atoms with Gasteiger partial charge in [0.25, 0.3) is 10.0 Å². The Hall–Kier alpha value is -2.54. The Morgan fingerprint density at radius 3 is 2.38 bits per heavy atom. The van der Waals surface area contributed by atoms with E-state index in [0.717, 1.165) is 6.07 Å². The first kappa shape index (κ1) is 14.9. The predicted molar refractivity (Wildman–Crippen MR) is 79.7 cm³/mol. The Morgan fingerprint density at radius 2 is 1.71 bits per heavy atom. The van der Waals surface area contributed by atoms with Crippen molar-refractivity contribution in [3.8, 4) is 5.75 Å². The standard InChI is InChI=1S/C14H14N2O4S/c1-10(17)15-11-4-2-5-12(8-11)16-21(19,20)14-7-3-6-13(18)9-14/h2-9,16,18H,1H3,(H,15,17). The Balaban J connectivity index is 2.26. The number of carbonyl (C=O) groups excluding carboxylic acids is 1. The van der Waals surface area contributed by atoms with Gasteiger partial charge in [-0.15, -0.1) is 0 Å². The van der Waals surface area contributed by atoms with Crippen LogP contribution in [0.2, 0.25) is 0 Å². The number of amides is 1. The van der Waals surface area contributed by atoms with E-state index in [9.17, 15) is 18.3 Å². The van der Waals surface area contributed by atoms with Crippen molar-refractivity contribution in [2.24, 2.45) is 0 Å². The van der Waals surface area contributed by atoms with Crippen LogP contribution in [-0.4, -0.2) is 19.4 Å². The van der Waals surface area contributed by atoms with Crippen molar-refractivity contribution in [2.75, 3.05) is 10.0 Å². The summed E-state index contributed by atoms with van der Waals surface area (Å²) in [6, 6.07) is 11.7. The molecule has 2 aromatic carbocycles. The second-order valence-electron chi connectivity index (χ2n) is 4.36. The van der Waals surface area contributed by atoms with E-state index < -0.39 is 10.0 Å². The fourth-order valence-electron chi connectivity index (χ4n) is 1.73. The third-order valence-corrected chi connectivity index (χ3v) is 3.94. The topological polar surface area (TPSA) is 95.5 Å². The fraction of sp³-hybridized carbons (Fsp3) is 0.0714. The van der Waals surface area contributed by atoms with Gasteiger partial charge in [-0.2, -0.15) is 0 Å². The molecule has 2 rings (SSSR count). The van der Waals surface area contributed by atoms with Gasteiger partial charge in [0.05, 0.1) is 10.6 Å². The SMILES string of the molecule is CC(=O)Nc1cccc(NS(=O)(=O)c2cccc(O)c2)c1. The summed E-state index contributed by atoms with van der Waals surface area (Å²) in [7, 11) is -3.80. The largest absolute Gasteiger partial charge is 0.508 e. The number of aromatic hydroxyl groups is 1. The molecule has 0 fully saturated rings. The highest BCUT2D eigenvalue weighted by molar-refractivity contribution is 7.92. The lowest BCUT2D eigenvalue weighted by molar-refractivity contribution is -0.114. The van der Waals surface area contributed by atoms with E-state index in [1.807, 2.05) is 0 Å². The van der Waals surface area contributed by atoms with Crippen molar-refractivity contribution in [1.82, 2.24) is 0 Å². The number of nitrogens with one attached hydrogen (secondary N) is 2. The van der Waals surface area contributed by atoms with Gasteiger partial charge in [0, 0.05) is 18.7 Å². The molecule has 0 unspecified atom stereocenters. The Labute approximate surface area is 122 Å². The summed E-state index contributed by atoms with van der Waals surface area (Å²) < 4.78 is 26.7. The first-order valence-electron chi connectivity index (χ1n) is 6.06. The highest BCUT2D eigenvalue weighted by Crippen LogP contribution is 2.21. The zero-order valence-corrected chi connectivity index (χ0v) is 12.0. The van der Waals surface area contributed by atoms with Crippen LogP contribution in [0.1, 0.15) is 6.92 Å². The van der Waals surface area contributed by atoms with Gasteiger partial charge >= 0.3 is 0 Å². The van der Waals surface area contributed by atoms with Crippen molar-refractivity contribution in [2.45, 2.75) is 11.8 Å². The normalized spacial score (nSPS) is 10.9. The quantitative estimate of drug-likeness (QED) is 0.806. The van der Waals surface area contributed by atoms with Crippen molar-refractivity contribution < 1.29 is 18.3 Å². The lowest BCUT2D eigenvalue weighted by atomic mass is 10.3. The van der Waals surface area contributed by atoms with Crippen LogP contribution in [0, 0.1) is 0 Å². The number of rotatable bonds is 4. The van der Waals surface area contributed by atoms with E-state index in [1.165, 1.54) is 31.2 Å². The molecular formula is C14H14N2O4S. The molecule has 0 heterocycles. The molecule has 110 valence electrons. The minimum atomic E-state index is -3.80. The lowest BCUT2D eigenvalue weighted by Crippen LogP contribution is -2.13. The van der Waals surface area contributed by atoms with Gasteiger partial charge in [-0.1, -0.05) is 12.1 Å². The zero-order chi connectivity index (χ0) is 15.5. The summed E-state index contributed by atoms with van der Waals surface area (Å²) in [6.07, 6.45) is 0. The molecule has 2 aromatic rings. The number of sulfonamides is 1. The van der Waals surface area contributed by atoms with Crippen molar-refractivity contribution in [1.29, 1.82) is 0 Å². The molecule has 0 aliphatic heterocycles. The van der Waals surface area contributed by atoms with Crippen LogP contribution in [0.25, 0.3) is 0 Å². The van der Waals surface area contributed by atoms with Crippen molar-refractivity contribution in [3.05, 3.63) is 48.5 Å². The molecule has 0 saturated heterocycles. The highest BCUT2D eigenvalue weighted by atomic mass is 32.2. The molecule has 0 saturated carbocycles. The number of carbonyl (C=O) groups is 1. The number of anilines is 2. The van der Waals surface area contributed by atoms with Crippen molar-refractivity contribution >= 4 is 27.3 Å². The van der Waals surface area contributed by atoms with Crippen LogP contribution >= 0.6 is 0 Å². The second-order valence-corrected chi connectivity index (χ2v) is 6.05. The third kappa shape index (κ3) is 3.96. The monoisotopic (exact) mass is 306 g/mol. The van der Waals surface area contributed by atoms with Crippen LogP contribution in [0.3, 0.4) is 0 Å². The molecule has 0 spiro atoms. The molecule has 0 aliphatic rings. The number of hydrogen-bond acceptors (Lipinski definition) is 4. The summed E-state index contributed by atoms with van der Waals surface area (Å²) in [6.45, 7) is 1.36. The molecule has 0 aromatic heterocycles. The number of phenols is 1. The number of benzene rings is 2. The van der Waals surface area contributed by atoms with E-state index >= 15 is 0 Å². The summed E-state index contributed by atoms with van der Waals surface area (Å²) >= 11 is 0. The minimum absolute atomic E-state index is 0.0487. The van der Waals surface area contributed by atoms with Crippen molar-refractivity contribution in [3.63, 3.8) is 0 Å². The van der Waals surface area contributed by atoms with Crippen LogP contribution in [0.5, 0.6) is 5.75 Å². The second kappa shape index (κ2) is 5.84. The number of hydrogen-bond donors (Lipinski definition) is 3. The van der Waals surface area contributed by atoms with Gasteiger partial charge < -0.3 is 10.4 Å². The summed E-state index contributed by atoms with van der Waals surface area (Å²) in [5, 5.41) is 11.9. The minimum Gasteiger partial charge on any atom is -0.508 e. The van der Waals surface area contributed by atoms with Gasteiger partial charge in [0.2, 0.25) is 5.91 Å². The molecule has 6 nitrogen and oxygen atoms in total. The van der Waals surface area contributed by atoms with Gasteiger partial charge in [0.1, 0.15) is 5.75 Å². The average molecular weight is 306 g/mol. The molecule has 0 atom stereocenters. The number of phenolic OH excluding ortho intramolecular Hbond substituents is 1. The first-order valence-corrected chi connectivity index (χ1v) is 7.55. The van der Waals surface area contributed by atoms with Crippen LogP contribution in [-0.2, 0) is 14.8 Å². The van der Waals surface area contributed by atoms with E-state index in [-0.39, 0.29) is 16.6 Å². The van der Waals surface area contributed by atoms with Gasteiger partial charge in [0.15, 0.2) is 0 Å². The smallest absolute Gasteiger partial charge is 0.262 e. The average Bonchev–Trinajstić information content (AvgIpc) is 2.37. The molecule has 7 heteroatoms. The molecule has 3 N–H and O–H groups in total. The summed E-state index contributed by atoms with van der Waals surface area (Å²) in [4.78, 5) is 10.9. The molecule has 0 aliphatic carbocycles. The molecule has 0 bridgehead atoms. The molecule has 1 amide bonds. The maximum Gasteiger partial charge on any atom is 0.262 e. The maximum absolute atomic E-state index is 12.2. The predicted octanol–water partition coefficient (Wildman–Crippen LogP) is 2.15. The van der Waals surface area contributed by atoms with Crippen LogP contribution in [0.15, 0.2) is 53.4 Å². The highest BCUT2D eigenvalue weighted by Gasteiger charge is 2.14. The lowest BCUT2D eigenvalue weighted by Gasteiger charge is -2.10. The molecule has 0 radical (unpaired) electrons. The van der Waals surface area contributed by atoms with Crippen LogP contribution < -0.4 is 10.0 Å². The maximum atomic E-state index is 12.2. The van der Waals surface area contributed by atoms with E-state index in [4.69, 9.17) is 0 Å². The fourth-order valence-corrected chi connectivity index (χ4v) is 2.82. The zero-order valence-electron chi connectivity index (χ0n) is 11.2. The van der Waals surface area contributed by atoms with Crippen LogP contribution in [0.4, 0.5) is 11.4 Å². The van der Waals surface area contributed by atoms with Gasteiger partial charge in [-0.25, -0.2) is 8.42 Å². The molecular weight excluding hydrogens is 292 g/mol. The van der Waals surface area contributed by atoms with Gasteiger partial charge in [-0.3, -0.25) is 9.52 Å². The van der Waals surface area contributed by atoms with Gasteiger partial charge in [-0.05, 0) is 30.3 Å². The Bertz CT molecular complexity index is 772. The Morgan fingerprint density at radius 1 is 1.05 bits per heavy atom. The van der Waals surface area contributed by atoms with E-state index in [1.54, 1.807) is 18.2 Å². The third-order valence-electron chi connectivity index (χ3n) is 2.56. The summed E-state index contributed by atoms with van der Waals surface area (Å²) in [5.74, 6) is -0.382. The first-order chi connectivity index (χ1) is 9.87. The Kier molecular flexibility index (Phi) is 4.13.